The van der Waals surface area contributed by atoms with Gasteiger partial charge >= 0.3 is 0 Å². The van der Waals surface area contributed by atoms with Crippen LogP contribution in [0.2, 0.25) is 0 Å². The Hall–Kier alpha value is 0.450. The van der Waals surface area contributed by atoms with E-state index in [2.05, 4.69) is 0 Å². The lowest BCUT2D eigenvalue weighted by atomic mass is 10.1. The van der Waals surface area contributed by atoms with Crippen molar-refractivity contribution < 1.29 is 13.0 Å². The Labute approximate surface area is 76.1 Å². The molecule has 7 heteroatoms. The minimum atomic E-state index is -4.04. The third-order valence-electron chi connectivity index (χ3n) is 0.993. The van der Waals surface area contributed by atoms with E-state index < -0.39 is 21.4 Å². The fourth-order valence-electron chi connectivity index (χ4n) is 0.495. The molecule has 0 bridgehead atoms. The van der Waals surface area contributed by atoms with Crippen LogP contribution in [-0.2, 0) is 10.1 Å². The molecule has 0 aromatic heterocycles. The summed E-state index contributed by atoms with van der Waals surface area (Å²) >= 11 is 10.6. The zero-order chi connectivity index (χ0) is 9.28. The molecule has 0 fully saturated rings. The van der Waals surface area contributed by atoms with Crippen molar-refractivity contribution >= 4 is 33.7 Å². The second kappa shape index (κ2) is 3.45. The van der Waals surface area contributed by atoms with Gasteiger partial charge in [-0.1, -0.05) is 0 Å². The lowest BCUT2D eigenvalue weighted by Crippen LogP contribution is -2.38. The molecule has 0 radical (unpaired) electrons. The molecule has 0 aliphatic heterocycles. The standard InChI is InChI=1S/C4H9Cl2NO3S/c1-4(2,7(5)6)3-11(8,9)10/h3H2,1-2H3,(H,8,9,10). The molecule has 68 valence electrons. The number of nitrogens with zero attached hydrogens (tertiary/aromatic N) is 1. The van der Waals surface area contributed by atoms with Gasteiger partial charge in [0.2, 0.25) is 0 Å². The topological polar surface area (TPSA) is 57.6 Å². The second-order valence-electron chi connectivity index (χ2n) is 2.77. The van der Waals surface area contributed by atoms with Crippen LogP contribution in [0.15, 0.2) is 0 Å². The largest absolute Gasteiger partial charge is 0.285 e. The first-order valence-corrected chi connectivity index (χ1v) is 5.01. The Morgan fingerprint density at radius 2 is 1.82 bits per heavy atom. The van der Waals surface area contributed by atoms with Crippen LogP contribution in [0.5, 0.6) is 0 Å². The Bertz CT molecular complexity index is 223. The Balaban J connectivity index is 4.38. The van der Waals surface area contributed by atoms with Gasteiger partial charge in [0.05, 0.1) is 11.3 Å². The maximum atomic E-state index is 10.4. The molecule has 0 amide bonds. The van der Waals surface area contributed by atoms with E-state index in [1.165, 1.54) is 13.8 Å². The minimum Gasteiger partial charge on any atom is -0.285 e. The fraction of sp³-hybridized carbons (Fsp3) is 1.00. The number of hydrogen-bond acceptors (Lipinski definition) is 3. The second-order valence-corrected chi connectivity index (χ2v) is 5.07. The molecule has 0 saturated carbocycles. The van der Waals surface area contributed by atoms with E-state index >= 15 is 0 Å². The monoisotopic (exact) mass is 221 g/mol. The van der Waals surface area contributed by atoms with Crippen LogP contribution >= 0.6 is 23.6 Å². The van der Waals surface area contributed by atoms with E-state index in [0.717, 1.165) is 0 Å². The molecule has 0 spiro atoms. The average Bonchev–Trinajstić information content (AvgIpc) is 1.56. The summed E-state index contributed by atoms with van der Waals surface area (Å²) in [5, 5.41) is 0. The molecule has 0 aliphatic rings. The van der Waals surface area contributed by atoms with Gasteiger partial charge < -0.3 is 0 Å². The first-order valence-electron chi connectivity index (χ1n) is 2.72. The Morgan fingerprint density at radius 3 is 1.91 bits per heavy atom. The molecule has 0 aromatic carbocycles. The maximum absolute atomic E-state index is 10.4. The summed E-state index contributed by atoms with van der Waals surface area (Å²) in [5.74, 6) is -0.507. The third-order valence-corrected chi connectivity index (χ3v) is 2.98. The summed E-state index contributed by atoms with van der Waals surface area (Å²) in [6.07, 6.45) is 0. The highest BCUT2D eigenvalue weighted by molar-refractivity contribution is 7.85. The molecule has 0 aliphatic carbocycles. The quantitative estimate of drug-likeness (QED) is 0.576. The summed E-state index contributed by atoms with van der Waals surface area (Å²) < 4.78 is 29.9. The number of hydrogen-bond donors (Lipinski definition) is 1. The molecule has 0 unspecified atom stereocenters. The van der Waals surface area contributed by atoms with E-state index in [9.17, 15) is 8.42 Å². The van der Waals surface area contributed by atoms with Gasteiger partial charge in [0.25, 0.3) is 10.1 Å². The average molecular weight is 222 g/mol. The predicted octanol–water partition coefficient (Wildman–Crippen LogP) is 1.26. The van der Waals surface area contributed by atoms with Crippen LogP contribution in [0.3, 0.4) is 0 Å². The SMILES string of the molecule is CC(C)(CS(=O)(=O)O)N(Cl)Cl. The van der Waals surface area contributed by atoms with Gasteiger partial charge in [-0.15, -0.1) is 3.94 Å². The van der Waals surface area contributed by atoms with E-state index in [0.29, 0.717) is 3.94 Å². The van der Waals surface area contributed by atoms with Crippen LogP contribution in [0.4, 0.5) is 0 Å². The van der Waals surface area contributed by atoms with Crippen LogP contribution in [0, 0.1) is 0 Å². The van der Waals surface area contributed by atoms with Crippen LogP contribution in [0.25, 0.3) is 0 Å². The minimum absolute atomic E-state index is 0.507. The van der Waals surface area contributed by atoms with Crippen molar-refractivity contribution in [1.29, 1.82) is 0 Å². The molecule has 0 atom stereocenters. The van der Waals surface area contributed by atoms with Crippen LogP contribution in [-0.4, -0.2) is 28.2 Å². The van der Waals surface area contributed by atoms with Gasteiger partial charge in [-0.3, -0.25) is 4.55 Å². The summed E-state index contributed by atoms with van der Waals surface area (Å²) in [5.41, 5.74) is -0.989. The predicted molar refractivity (Wildman–Crippen MR) is 44.0 cm³/mol. The maximum Gasteiger partial charge on any atom is 0.266 e. The van der Waals surface area contributed by atoms with Crippen molar-refractivity contribution in [2.75, 3.05) is 5.75 Å². The molecular weight excluding hydrogens is 213 g/mol. The van der Waals surface area contributed by atoms with Gasteiger partial charge in [0.1, 0.15) is 0 Å². The highest BCUT2D eigenvalue weighted by Gasteiger charge is 2.30. The first-order chi connectivity index (χ1) is 4.65. The van der Waals surface area contributed by atoms with Crippen molar-refractivity contribution in [2.45, 2.75) is 19.4 Å². The molecule has 4 nitrogen and oxygen atoms in total. The van der Waals surface area contributed by atoms with Gasteiger partial charge in [-0.05, 0) is 37.4 Å². The zero-order valence-corrected chi connectivity index (χ0v) is 8.41. The van der Waals surface area contributed by atoms with E-state index in [4.69, 9.17) is 28.1 Å². The summed E-state index contributed by atoms with van der Waals surface area (Å²) in [7, 11) is -4.04. The summed E-state index contributed by atoms with van der Waals surface area (Å²) in [4.78, 5) is 0. The lowest BCUT2D eigenvalue weighted by molar-refractivity contribution is 0.374. The molecule has 11 heavy (non-hydrogen) atoms. The summed E-state index contributed by atoms with van der Waals surface area (Å²) in [6, 6.07) is 0. The first kappa shape index (κ1) is 11.4. The molecular formula is C4H9Cl2NO3S. The molecule has 1 N–H and O–H groups in total. The van der Waals surface area contributed by atoms with E-state index in [1.807, 2.05) is 0 Å². The Morgan fingerprint density at radius 1 is 1.45 bits per heavy atom. The smallest absolute Gasteiger partial charge is 0.266 e. The highest BCUT2D eigenvalue weighted by atomic mass is 35.5. The van der Waals surface area contributed by atoms with Crippen LogP contribution in [0.1, 0.15) is 13.8 Å². The molecule has 0 heterocycles. The molecule has 0 rings (SSSR count). The van der Waals surface area contributed by atoms with E-state index in [-0.39, 0.29) is 0 Å². The van der Waals surface area contributed by atoms with Crippen LogP contribution < -0.4 is 0 Å². The van der Waals surface area contributed by atoms with E-state index in [1.54, 1.807) is 0 Å². The summed E-state index contributed by atoms with van der Waals surface area (Å²) in [6.45, 7) is 2.97. The van der Waals surface area contributed by atoms with Gasteiger partial charge in [0, 0.05) is 0 Å². The van der Waals surface area contributed by atoms with Crippen molar-refractivity contribution in [1.82, 2.24) is 3.94 Å². The van der Waals surface area contributed by atoms with Crippen molar-refractivity contribution in [3.8, 4) is 0 Å². The van der Waals surface area contributed by atoms with Crippen molar-refractivity contribution in [3.63, 3.8) is 0 Å². The van der Waals surface area contributed by atoms with Gasteiger partial charge in [-0.25, -0.2) is 0 Å². The van der Waals surface area contributed by atoms with Crippen molar-refractivity contribution in [2.24, 2.45) is 0 Å². The zero-order valence-electron chi connectivity index (χ0n) is 6.08. The highest BCUT2D eigenvalue weighted by Crippen LogP contribution is 2.20. The number of halogens is 2. The van der Waals surface area contributed by atoms with Gasteiger partial charge in [0.15, 0.2) is 0 Å². The number of rotatable bonds is 3. The van der Waals surface area contributed by atoms with Gasteiger partial charge in [-0.2, -0.15) is 8.42 Å². The van der Waals surface area contributed by atoms with Crippen molar-refractivity contribution in [3.05, 3.63) is 0 Å². The molecule has 0 saturated heterocycles. The normalized spacial score (nSPS) is 14.0. The lowest BCUT2D eigenvalue weighted by Gasteiger charge is -2.25. The fourth-order valence-corrected chi connectivity index (χ4v) is 1.78. The molecule has 0 aromatic rings. The third kappa shape index (κ3) is 4.81. The Kier molecular flexibility index (Phi) is 3.59.